The van der Waals surface area contributed by atoms with Crippen LogP contribution in [-0.4, -0.2) is 36.1 Å². The summed E-state index contributed by atoms with van der Waals surface area (Å²) in [4.78, 5) is 14.0. The van der Waals surface area contributed by atoms with Crippen molar-refractivity contribution in [3.05, 3.63) is 0 Å². The SMILES string of the molecule is CN(C)C(=O)[C@@]12CC[C@H](C[C@@H]1O)C2(C)C. The molecular formula is C12H21NO2. The average Bonchev–Trinajstić information content (AvgIpc) is 2.49. The molecule has 2 aliphatic carbocycles. The molecule has 0 radical (unpaired) electrons. The van der Waals surface area contributed by atoms with E-state index >= 15 is 0 Å². The van der Waals surface area contributed by atoms with Gasteiger partial charge in [0.25, 0.3) is 0 Å². The number of hydrogen-bond donors (Lipinski definition) is 1. The van der Waals surface area contributed by atoms with Crippen molar-refractivity contribution in [1.82, 2.24) is 4.90 Å². The number of amides is 1. The van der Waals surface area contributed by atoms with Crippen LogP contribution in [0.15, 0.2) is 0 Å². The van der Waals surface area contributed by atoms with Gasteiger partial charge in [0.05, 0.1) is 11.5 Å². The van der Waals surface area contributed by atoms with Crippen molar-refractivity contribution < 1.29 is 9.90 Å². The number of aliphatic hydroxyl groups excluding tert-OH is 1. The molecule has 0 aromatic carbocycles. The summed E-state index contributed by atoms with van der Waals surface area (Å²) in [5.74, 6) is 0.622. The standard InChI is InChI=1S/C12H21NO2/c1-11(2)8-5-6-12(11,9(14)7-8)10(15)13(3)4/h8-9,14H,5-7H2,1-4H3/t8-,9+,12-/m1/s1. The number of carbonyl (C=O) groups excluding carboxylic acids is 1. The van der Waals surface area contributed by atoms with E-state index in [0.717, 1.165) is 19.3 Å². The van der Waals surface area contributed by atoms with Crippen LogP contribution in [0.1, 0.15) is 33.1 Å². The van der Waals surface area contributed by atoms with Gasteiger partial charge in [0, 0.05) is 14.1 Å². The van der Waals surface area contributed by atoms with E-state index < -0.39 is 11.5 Å². The molecule has 1 amide bonds. The van der Waals surface area contributed by atoms with Gasteiger partial charge in [0.2, 0.25) is 5.91 Å². The van der Waals surface area contributed by atoms with Crippen molar-refractivity contribution in [2.45, 2.75) is 39.2 Å². The van der Waals surface area contributed by atoms with Crippen LogP contribution >= 0.6 is 0 Å². The van der Waals surface area contributed by atoms with Crippen LogP contribution in [0, 0.1) is 16.7 Å². The van der Waals surface area contributed by atoms with Crippen molar-refractivity contribution in [1.29, 1.82) is 0 Å². The second-order valence-electron chi connectivity index (χ2n) is 5.88. The molecule has 86 valence electrons. The Labute approximate surface area is 91.5 Å². The summed E-state index contributed by atoms with van der Waals surface area (Å²) in [5.41, 5.74) is -0.561. The van der Waals surface area contributed by atoms with E-state index in [0.29, 0.717) is 5.92 Å². The average molecular weight is 211 g/mol. The van der Waals surface area contributed by atoms with Gasteiger partial charge in [-0.1, -0.05) is 13.8 Å². The third kappa shape index (κ3) is 1.07. The first kappa shape index (κ1) is 10.9. The molecule has 15 heavy (non-hydrogen) atoms. The Hall–Kier alpha value is -0.570. The topological polar surface area (TPSA) is 40.5 Å². The number of hydrogen-bond acceptors (Lipinski definition) is 2. The first-order valence-electron chi connectivity index (χ1n) is 5.74. The molecule has 0 aliphatic heterocycles. The van der Waals surface area contributed by atoms with Crippen molar-refractivity contribution in [3.63, 3.8) is 0 Å². The summed E-state index contributed by atoms with van der Waals surface area (Å²) in [6, 6.07) is 0. The molecule has 2 fully saturated rings. The number of nitrogens with zero attached hydrogens (tertiary/aromatic N) is 1. The smallest absolute Gasteiger partial charge is 0.231 e. The molecule has 0 unspecified atom stereocenters. The Morgan fingerprint density at radius 2 is 2.00 bits per heavy atom. The fraction of sp³-hybridized carbons (Fsp3) is 0.917. The minimum Gasteiger partial charge on any atom is -0.392 e. The predicted molar refractivity (Wildman–Crippen MR) is 58.3 cm³/mol. The molecule has 3 heteroatoms. The monoisotopic (exact) mass is 211 g/mol. The first-order chi connectivity index (χ1) is 6.84. The molecule has 0 aromatic heterocycles. The number of rotatable bonds is 1. The second kappa shape index (κ2) is 2.97. The van der Waals surface area contributed by atoms with Crippen molar-refractivity contribution in [2.75, 3.05) is 14.1 Å². The first-order valence-corrected chi connectivity index (χ1v) is 5.74. The van der Waals surface area contributed by atoms with E-state index in [1.165, 1.54) is 0 Å². The maximum absolute atomic E-state index is 12.3. The van der Waals surface area contributed by atoms with Crippen LogP contribution in [0.2, 0.25) is 0 Å². The Balaban J connectivity index is 2.44. The highest BCUT2D eigenvalue weighted by molar-refractivity contribution is 5.85. The molecule has 2 aliphatic rings. The third-order valence-corrected chi connectivity index (χ3v) is 4.92. The van der Waals surface area contributed by atoms with E-state index in [1.807, 2.05) is 0 Å². The predicted octanol–water partition coefficient (Wildman–Crippen LogP) is 1.26. The van der Waals surface area contributed by atoms with Crippen LogP contribution in [0.3, 0.4) is 0 Å². The molecule has 2 bridgehead atoms. The van der Waals surface area contributed by atoms with E-state index in [-0.39, 0.29) is 11.3 Å². The van der Waals surface area contributed by atoms with Crippen molar-refractivity contribution >= 4 is 5.91 Å². The molecule has 2 saturated carbocycles. The highest BCUT2D eigenvalue weighted by Gasteiger charge is 2.67. The van der Waals surface area contributed by atoms with Crippen molar-refractivity contribution in [2.24, 2.45) is 16.7 Å². The van der Waals surface area contributed by atoms with Gasteiger partial charge < -0.3 is 10.0 Å². The van der Waals surface area contributed by atoms with Crippen LogP contribution in [0.25, 0.3) is 0 Å². The number of fused-ring (bicyclic) bond motifs is 2. The van der Waals surface area contributed by atoms with E-state index in [1.54, 1.807) is 19.0 Å². The summed E-state index contributed by atoms with van der Waals surface area (Å²) in [5, 5.41) is 10.2. The summed E-state index contributed by atoms with van der Waals surface area (Å²) < 4.78 is 0. The lowest BCUT2D eigenvalue weighted by molar-refractivity contribution is -0.151. The fourth-order valence-corrected chi connectivity index (χ4v) is 3.85. The summed E-state index contributed by atoms with van der Waals surface area (Å²) in [7, 11) is 3.57. The molecule has 3 nitrogen and oxygen atoms in total. The van der Waals surface area contributed by atoms with Crippen LogP contribution in [-0.2, 0) is 4.79 Å². The highest BCUT2D eigenvalue weighted by atomic mass is 16.3. The van der Waals surface area contributed by atoms with Crippen LogP contribution in [0.5, 0.6) is 0 Å². The van der Waals surface area contributed by atoms with Gasteiger partial charge >= 0.3 is 0 Å². The van der Waals surface area contributed by atoms with Gasteiger partial charge in [-0.3, -0.25) is 4.79 Å². The molecule has 1 N–H and O–H groups in total. The Bertz CT molecular complexity index is 298. The van der Waals surface area contributed by atoms with Gasteiger partial charge in [0.15, 0.2) is 0 Å². The molecule has 0 saturated heterocycles. The quantitative estimate of drug-likeness (QED) is 0.709. The summed E-state index contributed by atoms with van der Waals surface area (Å²) in [6.07, 6.45) is 2.29. The van der Waals surface area contributed by atoms with Gasteiger partial charge in [-0.05, 0) is 30.6 Å². The molecule has 0 heterocycles. The number of aliphatic hydroxyl groups is 1. The Kier molecular flexibility index (Phi) is 2.16. The van der Waals surface area contributed by atoms with E-state index in [2.05, 4.69) is 13.8 Å². The molecule has 0 spiro atoms. The van der Waals surface area contributed by atoms with E-state index in [4.69, 9.17) is 0 Å². The van der Waals surface area contributed by atoms with Gasteiger partial charge in [-0.15, -0.1) is 0 Å². The molecule has 3 atom stereocenters. The Morgan fingerprint density at radius 1 is 1.40 bits per heavy atom. The van der Waals surface area contributed by atoms with Crippen LogP contribution < -0.4 is 0 Å². The second-order valence-corrected chi connectivity index (χ2v) is 5.88. The highest BCUT2D eigenvalue weighted by Crippen LogP contribution is 2.66. The van der Waals surface area contributed by atoms with Gasteiger partial charge in [-0.2, -0.15) is 0 Å². The lowest BCUT2D eigenvalue weighted by atomic mass is 9.67. The summed E-state index contributed by atoms with van der Waals surface area (Å²) in [6.45, 7) is 4.28. The molecular weight excluding hydrogens is 190 g/mol. The lowest BCUT2D eigenvalue weighted by Gasteiger charge is -2.40. The zero-order chi connectivity index (χ0) is 11.4. The van der Waals surface area contributed by atoms with E-state index in [9.17, 15) is 9.90 Å². The molecule has 2 rings (SSSR count). The lowest BCUT2D eigenvalue weighted by Crippen LogP contribution is -2.50. The maximum Gasteiger partial charge on any atom is 0.231 e. The zero-order valence-electron chi connectivity index (χ0n) is 10.1. The minimum atomic E-state index is -0.513. The van der Waals surface area contributed by atoms with Crippen molar-refractivity contribution in [3.8, 4) is 0 Å². The maximum atomic E-state index is 12.3. The fourth-order valence-electron chi connectivity index (χ4n) is 3.85. The largest absolute Gasteiger partial charge is 0.392 e. The van der Waals surface area contributed by atoms with Gasteiger partial charge in [0.1, 0.15) is 0 Å². The molecule has 0 aromatic rings. The third-order valence-electron chi connectivity index (χ3n) is 4.92. The Morgan fingerprint density at radius 3 is 2.33 bits per heavy atom. The number of carbonyl (C=O) groups is 1. The summed E-state index contributed by atoms with van der Waals surface area (Å²) >= 11 is 0. The van der Waals surface area contributed by atoms with Gasteiger partial charge in [-0.25, -0.2) is 0 Å². The van der Waals surface area contributed by atoms with Crippen LogP contribution in [0.4, 0.5) is 0 Å². The minimum absolute atomic E-state index is 0.0478. The zero-order valence-corrected chi connectivity index (χ0v) is 10.1. The normalized spacial score (nSPS) is 41.9.